The van der Waals surface area contributed by atoms with E-state index < -0.39 is 0 Å². The van der Waals surface area contributed by atoms with Crippen molar-refractivity contribution < 1.29 is 0 Å². The number of nitrogens with zero attached hydrogens (tertiary/aromatic N) is 3. The van der Waals surface area contributed by atoms with Crippen molar-refractivity contribution in [3.8, 4) is 89.8 Å². The Labute approximate surface area is 356 Å². The van der Waals surface area contributed by atoms with Crippen LogP contribution < -0.4 is 0 Å². The van der Waals surface area contributed by atoms with Gasteiger partial charge in [0.1, 0.15) is 0 Å². The van der Waals surface area contributed by atoms with Crippen LogP contribution in [0.4, 0.5) is 0 Å². The number of aromatic nitrogens is 3. The highest BCUT2D eigenvalue weighted by atomic mass is 15.0. The zero-order chi connectivity index (χ0) is 40.9. The average Bonchev–Trinajstić information content (AvgIpc) is 3.56. The van der Waals surface area contributed by atoms with E-state index in [-0.39, 0.29) is 5.41 Å². The molecule has 0 amide bonds. The lowest BCUT2D eigenvalue weighted by Gasteiger charge is -2.22. The van der Waals surface area contributed by atoms with Crippen molar-refractivity contribution in [1.29, 1.82) is 0 Å². The summed E-state index contributed by atoms with van der Waals surface area (Å²) in [6.07, 6.45) is 0. The molecule has 0 N–H and O–H groups in total. The first-order valence-corrected chi connectivity index (χ1v) is 20.9. The van der Waals surface area contributed by atoms with Gasteiger partial charge in [-0.05, 0) is 95.7 Å². The van der Waals surface area contributed by atoms with Crippen LogP contribution in [0.15, 0.2) is 212 Å². The molecule has 0 bridgehead atoms. The number of rotatable bonds is 7. The molecular formula is C58H41N3. The summed E-state index contributed by atoms with van der Waals surface area (Å²) < 4.78 is 0. The normalized spacial score (nSPS) is 12.6. The van der Waals surface area contributed by atoms with Gasteiger partial charge < -0.3 is 0 Å². The molecule has 288 valence electrons. The zero-order valence-electron chi connectivity index (χ0n) is 34.0. The summed E-state index contributed by atoms with van der Waals surface area (Å²) in [7, 11) is 0. The molecule has 0 fully saturated rings. The van der Waals surface area contributed by atoms with E-state index in [1.54, 1.807) is 0 Å². The Kier molecular flexibility index (Phi) is 8.82. The van der Waals surface area contributed by atoms with Crippen molar-refractivity contribution in [3.63, 3.8) is 0 Å². The molecule has 1 aromatic heterocycles. The topological polar surface area (TPSA) is 38.7 Å². The van der Waals surface area contributed by atoms with Gasteiger partial charge in [0.15, 0.2) is 17.5 Å². The summed E-state index contributed by atoms with van der Waals surface area (Å²) in [5.41, 5.74) is 17.5. The van der Waals surface area contributed by atoms with E-state index in [0.29, 0.717) is 17.5 Å². The third-order valence-corrected chi connectivity index (χ3v) is 12.4. The molecule has 0 spiro atoms. The second-order valence-electron chi connectivity index (χ2n) is 16.4. The van der Waals surface area contributed by atoms with Crippen LogP contribution in [0.3, 0.4) is 0 Å². The second kappa shape index (κ2) is 14.8. The molecular weight excluding hydrogens is 739 g/mol. The van der Waals surface area contributed by atoms with E-state index in [9.17, 15) is 0 Å². The van der Waals surface area contributed by atoms with Crippen molar-refractivity contribution in [2.45, 2.75) is 19.3 Å². The van der Waals surface area contributed by atoms with Crippen molar-refractivity contribution >= 4 is 10.8 Å². The molecule has 0 saturated heterocycles. The highest BCUT2D eigenvalue weighted by Crippen LogP contribution is 2.50. The highest BCUT2D eigenvalue weighted by Gasteiger charge is 2.35. The molecule has 11 rings (SSSR count). The summed E-state index contributed by atoms with van der Waals surface area (Å²) in [5.74, 6) is 1.89. The maximum atomic E-state index is 5.14. The minimum Gasteiger partial charge on any atom is -0.208 e. The average molecular weight is 780 g/mol. The molecule has 10 aromatic rings. The largest absolute Gasteiger partial charge is 0.208 e. The third-order valence-electron chi connectivity index (χ3n) is 12.4. The second-order valence-corrected chi connectivity index (χ2v) is 16.4. The van der Waals surface area contributed by atoms with Gasteiger partial charge in [0.25, 0.3) is 0 Å². The Bertz CT molecular complexity index is 3160. The van der Waals surface area contributed by atoms with Crippen LogP contribution in [0, 0.1) is 0 Å². The van der Waals surface area contributed by atoms with E-state index in [1.807, 2.05) is 12.1 Å². The minimum absolute atomic E-state index is 0.0577. The molecule has 3 heteroatoms. The Morgan fingerprint density at radius 1 is 0.262 bits per heavy atom. The van der Waals surface area contributed by atoms with Crippen LogP contribution in [0.1, 0.15) is 25.0 Å². The maximum Gasteiger partial charge on any atom is 0.164 e. The van der Waals surface area contributed by atoms with Gasteiger partial charge in [-0.1, -0.05) is 208 Å². The molecule has 0 aliphatic heterocycles. The van der Waals surface area contributed by atoms with Gasteiger partial charge >= 0.3 is 0 Å². The minimum atomic E-state index is -0.0577. The van der Waals surface area contributed by atoms with Gasteiger partial charge in [-0.25, -0.2) is 15.0 Å². The standard InChI is InChI=1S/C58H41N3/c1-58(2)53-26-12-11-25-51(53)52-32-31-44(37-54(52)58)48-34-33-47(49-23-9-10-24-50(48)49)40-27-29-41(30-28-40)55-59-56(45-21-13-19-42(35-45)38-15-5-3-6-16-38)61-57(60-55)46-22-14-20-43(36-46)39-17-7-4-8-18-39/h3-37H,1-2H3. The number of hydrogen-bond donors (Lipinski definition) is 0. The number of benzene rings is 9. The number of hydrogen-bond acceptors (Lipinski definition) is 3. The lowest BCUT2D eigenvalue weighted by atomic mass is 9.81. The van der Waals surface area contributed by atoms with Crippen LogP contribution in [0.5, 0.6) is 0 Å². The van der Waals surface area contributed by atoms with Crippen LogP contribution in [-0.4, -0.2) is 15.0 Å². The highest BCUT2D eigenvalue weighted by molar-refractivity contribution is 6.05. The van der Waals surface area contributed by atoms with E-state index in [0.717, 1.165) is 44.5 Å². The predicted molar refractivity (Wildman–Crippen MR) is 253 cm³/mol. The molecule has 1 aliphatic carbocycles. The summed E-state index contributed by atoms with van der Waals surface area (Å²) in [6, 6.07) is 75.6. The Hall–Kier alpha value is -7.75. The summed E-state index contributed by atoms with van der Waals surface area (Å²) in [4.78, 5) is 15.4. The SMILES string of the molecule is CC1(C)c2ccccc2-c2ccc(-c3ccc(-c4ccc(-c5nc(-c6cccc(-c7ccccc7)c6)nc(-c6cccc(-c7ccccc7)c6)n5)cc4)c4ccccc34)cc21. The van der Waals surface area contributed by atoms with Crippen LogP contribution in [0.2, 0.25) is 0 Å². The van der Waals surface area contributed by atoms with Crippen LogP contribution >= 0.6 is 0 Å². The van der Waals surface area contributed by atoms with E-state index in [1.165, 1.54) is 49.7 Å². The summed E-state index contributed by atoms with van der Waals surface area (Å²) in [5, 5.41) is 2.46. The lowest BCUT2D eigenvalue weighted by Crippen LogP contribution is -2.14. The third kappa shape index (κ3) is 6.52. The first-order chi connectivity index (χ1) is 30.0. The van der Waals surface area contributed by atoms with Gasteiger partial charge in [0.2, 0.25) is 0 Å². The van der Waals surface area contributed by atoms with Gasteiger partial charge in [0.05, 0.1) is 0 Å². The van der Waals surface area contributed by atoms with Gasteiger partial charge in [-0.2, -0.15) is 0 Å². The fourth-order valence-corrected chi connectivity index (χ4v) is 9.17. The fourth-order valence-electron chi connectivity index (χ4n) is 9.17. The van der Waals surface area contributed by atoms with E-state index in [4.69, 9.17) is 15.0 Å². The predicted octanol–water partition coefficient (Wildman–Crippen LogP) is 15.0. The van der Waals surface area contributed by atoms with Gasteiger partial charge in [-0.15, -0.1) is 0 Å². The Morgan fingerprint density at radius 2 is 0.672 bits per heavy atom. The van der Waals surface area contributed by atoms with Crippen LogP contribution in [-0.2, 0) is 5.41 Å². The smallest absolute Gasteiger partial charge is 0.164 e. The van der Waals surface area contributed by atoms with Crippen LogP contribution in [0.25, 0.3) is 101 Å². The molecule has 0 unspecified atom stereocenters. The van der Waals surface area contributed by atoms with Gasteiger partial charge in [0, 0.05) is 22.1 Å². The van der Waals surface area contributed by atoms with Crippen molar-refractivity contribution in [2.24, 2.45) is 0 Å². The van der Waals surface area contributed by atoms with Crippen molar-refractivity contribution in [1.82, 2.24) is 15.0 Å². The van der Waals surface area contributed by atoms with Crippen molar-refractivity contribution in [2.75, 3.05) is 0 Å². The Morgan fingerprint density at radius 3 is 1.26 bits per heavy atom. The molecule has 0 radical (unpaired) electrons. The molecule has 61 heavy (non-hydrogen) atoms. The molecule has 0 saturated carbocycles. The Balaban J connectivity index is 0.981. The van der Waals surface area contributed by atoms with Gasteiger partial charge in [-0.3, -0.25) is 0 Å². The summed E-state index contributed by atoms with van der Waals surface area (Å²) in [6.45, 7) is 4.69. The molecule has 1 heterocycles. The molecule has 3 nitrogen and oxygen atoms in total. The molecule has 1 aliphatic rings. The fraction of sp³-hybridized carbons (Fsp3) is 0.0517. The van der Waals surface area contributed by atoms with E-state index >= 15 is 0 Å². The lowest BCUT2D eigenvalue weighted by molar-refractivity contribution is 0.660. The molecule has 0 atom stereocenters. The number of fused-ring (bicyclic) bond motifs is 4. The monoisotopic (exact) mass is 779 g/mol. The van der Waals surface area contributed by atoms with Crippen molar-refractivity contribution in [3.05, 3.63) is 223 Å². The first-order valence-electron chi connectivity index (χ1n) is 20.9. The molecule has 9 aromatic carbocycles. The maximum absolute atomic E-state index is 5.14. The quantitative estimate of drug-likeness (QED) is 0.162. The van der Waals surface area contributed by atoms with E-state index in [2.05, 4.69) is 214 Å². The zero-order valence-corrected chi connectivity index (χ0v) is 34.0. The summed E-state index contributed by atoms with van der Waals surface area (Å²) >= 11 is 0. The first kappa shape index (κ1) is 36.3.